The summed E-state index contributed by atoms with van der Waals surface area (Å²) in [5.41, 5.74) is 3.01. The van der Waals surface area contributed by atoms with Crippen molar-refractivity contribution in [3.05, 3.63) is 78.2 Å². The summed E-state index contributed by atoms with van der Waals surface area (Å²) < 4.78 is 20.7. The normalized spacial score (nSPS) is 12.8. The maximum Gasteiger partial charge on any atom is 0.328 e. The van der Waals surface area contributed by atoms with E-state index >= 15 is 0 Å². The number of urea groups is 1. The SMILES string of the molecule is CC(=O)c1nc(-c2ccc3c(c2)N(C(=O)Nc2nc4ccccc4s2)CCO3)sc1-c1cccc(F)c1. The summed E-state index contributed by atoms with van der Waals surface area (Å²) in [4.78, 5) is 36.9. The molecular weight excluding hydrogens is 511 g/mol. The zero-order valence-electron chi connectivity index (χ0n) is 19.5. The molecule has 0 unspecified atom stereocenters. The van der Waals surface area contributed by atoms with Crippen LogP contribution in [0.4, 0.5) is 20.0 Å². The van der Waals surface area contributed by atoms with Crippen molar-refractivity contribution < 1.29 is 18.7 Å². The number of carbonyl (C=O) groups is 2. The van der Waals surface area contributed by atoms with Crippen LogP contribution in [-0.4, -0.2) is 34.9 Å². The third kappa shape index (κ3) is 4.45. The molecule has 7 nitrogen and oxygen atoms in total. The monoisotopic (exact) mass is 530 g/mol. The fourth-order valence-electron chi connectivity index (χ4n) is 4.15. The Hall–Kier alpha value is -4.15. The molecule has 1 aliphatic heterocycles. The number of anilines is 2. The van der Waals surface area contributed by atoms with E-state index in [0.717, 1.165) is 15.8 Å². The second-order valence-corrected chi connectivity index (χ2v) is 10.4. The lowest BCUT2D eigenvalue weighted by Crippen LogP contribution is -2.40. The highest BCUT2D eigenvalue weighted by molar-refractivity contribution is 7.22. The number of nitrogens with one attached hydrogen (secondary N) is 1. The minimum Gasteiger partial charge on any atom is -0.490 e. The molecule has 3 heterocycles. The molecule has 37 heavy (non-hydrogen) atoms. The second kappa shape index (κ2) is 9.38. The Morgan fingerprint density at radius 2 is 1.86 bits per heavy atom. The first kappa shape index (κ1) is 23.3. The molecule has 3 aromatic carbocycles. The van der Waals surface area contributed by atoms with Crippen molar-refractivity contribution in [3.8, 4) is 26.8 Å². The zero-order chi connectivity index (χ0) is 25.5. The van der Waals surface area contributed by atoms with Crippen LogP contribution in [0.25, 0.3) is 31.2 Å². The van der Waals surface area contributed by atoms with Gasteiger partial charge in [0.15, 0.2) is 10.9 Å². The van der Waals surface area contributed by atoms with Gasteiger partial charge in [0.25, 0.3) is 0 Å². The lowest BCUT2D eigenvalue weighted by Gasteiger charge is -2.29. The molecule has 0 atom stereocenters. The van der Waals surface area contributed by atoms with E-state index in [4.69, 9.17) is 4.74 Å². The number of carbonyl (C=O) groups excluding carboxylic acids is 2. The van der Waals surface area contributed by atoms with Crippen LogP contribution in [0.1, 0.15) is 17.4 Å². The van der Waals surface area contributed by atoms with E-state index in [1.807, 2.05) is 36.4 Å². The van der Waals surface area contributed by atoms with Crippen LogP contribution >= 0.6 is 22.7 Å². The number of Topliss-reactive ketones (excluding diaryl/α,β-unsaturated/α-hetero) is 1. The minimum absolute atomic E-state index is 0.208. The van der Waals surface area contributed by atoms with Gasteiger partial charge in [-0.1, -0.05) is 35.6 Å². The van der Waals surface area contributed by atoms with Gasteiger partial charge in [-0.3, -0.25) is 15.0 Å². The first-order valence-electron chi connectivity index (χ1n) is 11.5. The molecule has 2 aromatic heterocycles. The van der Waals surface area contributed by atoms with Gasteiger partial charge in [0.05, 0.1) is 27.3 Å². The van der Waals surface area contributed by atoms with Crippen LogP contribution in [0.3, 0.4) is 0 Å². The third-order valence-electron chi connectivity index (χ3n) is 5.87. The molecule has 1 N–H and O–H groups in total. The summed E-state index contributed by atoms with van der Waals surface area (Å²) in [5.74, 6) is -0.0225. The molecule has 0 fully saturated rings. The van der Waals surface area contributed by atoms with E-state index in [2.05, 4.69) is 15.3 Å². The van der Waals surface area contributed by atoms with Crippen molar-refractivity contribution in [2.24, 2.45) is 0 Å². The van der Waals surface area contributed by atoms with Crippen LogP contribution in [0.5, 0.6) is 5.75 Å². The summed E-state index contributed by atoms with van der Waals surface area (Å²) in [6.07, 6.45) is 0. The summed E-state index contributed by atoms with van der Waals surface area (Å²) >= 11 is 2.71. The fourth-order valence-corrected chi connectivity index (χ4v) is 6.12. The highest BCUT2D eigenvalue weighted by Gasteiger charge is 2.26. The van der Waals surface area contributed by atoms with Gasteiger partial charge in [-0.15, -0.1) is 11.3 Å². The molecule has 10 heteroatoms. The number of rotatable bonds is 4. The average Bonchev–Trinajstić information content (AvgIpc) is 3.52. The smallest absolute Gasteiger partial charge is 0.328 e. The molecule has 0 aliphatic carbocycles. The lowest BCUT2D eigenvalue weighted by molar-refractivity contribution is 0.101. The van der Waals surface area contributed by atoms with Crippen molar-refractivity contribution >= 4 is 55.5 Å². The van der Waals surface area contributed by atoms with Crippen LogP contribution in [0.2, 0.25) is 0 Å². The number of ether oxygens (including phenoxy) is 1. The van der Waals surface area contributed by atoms with E-state index in [-0.39, 0.29) is 23.3 Å². The highest BCUT2D eigenvalue weighted by Crippen LogP contribution is 2.40. The van der Waals surface area contributed by atoms with Gasteiger partial charge in [0.2, 0.25) is 0 Å². The van der Waals surface area contributed by atoms with Crippen molar-refractivity contribution in [3.63, 3.8) is 0 Å². The average molecular weight is 531 g/mol. The lowest BCUT2D eigenvalue weighted by atomic mass is 10.1. The van der Waals surface area contributed by atoms with Crippen LogP contribution in [-0.2, 0) is 0 Å². The van der Waals surface area contributed by atoms with E-state index in [1.165, 1.54) is 41.7 Å². The predicted molar refractivity (Wildman–Crippen MR) is 144 cm³/mol. The van der Waals surface area contributed by atoms with Gasteiger partial charge in [-0.2, -0.15) is 0 Å². The summed E-state index contributed by atoms with van der Waals surface area (Å²) in [5, 5.41) is 4.00. The van der Waals surface area contributed by atoms with Crippen LogP contribution < -0.4 is 15.0 Å². The summed E-state index contributed by atoms with van der Waals surface area (Å²) in [6, 6.07) is 18.9. The van der Waals surface area contributed by atoms with E-state index in [1.54, 1.807) is 23.1 Å². The largest absolute Gasteiger partial charge is 0.490 e. The number of hydrogen-bond donors (Lipinski definition) is 1. The fraction of sp³-hybridized carbons (Fsp3) is 0.111. The number of thiazole rings is 2. The van der Waals surface area contributed by atoms with Gasteiger partial charge in [-0.05, 0) is 48.0 Å². The Bertz CT molecular complexity index is 1650. The molecule has 0 radical (unpaired) electrons. The second-order valence-electron chi connectivity index (χ2n) is 8.36. The van der Waals surface area contributed by atoms with Crippen molar-refractivity contribution in [1.29, 1.82) is 0 Å². The van der Waals surface area contributed by atoms with E-state index in [9.17, 15) is 14.0 Å². The number of nitrogens with zero attached hydrogens (tertiary/aromatic N) is 3. The minimum atomic E-state index is -0.386. The van der Waals surface area contributed by atoms with Crippen molar-refractivity contribution in [1.82, 2.24) is 9.97 Å². The number of ketones is 1. The number of hydrogen-bond acceptors (Lipinski definition) is 7. The molecule has 0 saturated carbocycles. The maximum atomic E-state index is 13.9. The van der Waals surface area contributed by atoms with Crippen LogP contribution in [0, 0.1) is 5.82 Å². The Balaban J connectivity index is 1.34. The predicted octanol–water partition coefficient (Wildman–Crippen LogP) is 6.86. The number of amides is 2. The third-order valence-corrected chi connectivity index (χ3v) is 7.97. The maximum absolute atomic E-state index is 13.9. The number of fused-ring (bicyclic) bond motifs is 2. The van der Waals surface area contributed by atoms with Gasteiger partial charge in [-0.25, -0.2) is 19.2 Å². The van der Waals surface area contributed by atoms with Crippen molar-refractivity contribution in [2.45, 2.75) is 6.92 Å². The Labute approximate surface area is 219 Å². The van der Waals surface area contributed by atoms with Gasteiger partial charge < -0.3 is 4.74 Å². The molecular formula is C27H19FN4O3S2. The Morgan fingerprint density at radius 1 is 1.00 bits per heavy atom. The topological polar surface area (TPSA) is 84.4 Å². The molecule has 1 aliphatic rings. The zero-order valence-corrected chi connectivity index (χ0v) is 21.2. The molecule has 0 bridgehead atoms. The number of aromatic nitrogens is 2. The van der Waals surface area contributed by atoms with Crippen LogP contribution in [0.15, 0.2) is 66.7 Å². The summed E-state index contributed by atoms with van der Waals surface area (Å²) in [7, 11) is 0. The molecule has 0 saturated heterocycles. The number of benzene rings is 3. The van der Waals surface area contributed by atoms with E-state index in [0.29, 0.717) is 45.2 Å². The summed E-state index contributed by atoms with van der Waals surface area (Å²) in [6.45, 7) is 2.16. The molecule has 2 amide bonds. The van der Waals surface area contributed by atoms with Gasteiger partial charge >= 0.3 is 6.03 Å². The van der Waals surface area contributed by atoms with Gasteiger partial charge in [0, 0.05) is 12.5 Å². The number of halogens is 1. The highest BCUT2D eigenvalue weighted by atomic mass is 32.1. The van der Waals surface area contributed by atoms with Crippen molar-refractivity contribution in [2.75, 3.05) is 23.4 Å². The molecule has 0 spiro atoms. The Morgan fingerprint density at radius 3 is 2.68 bits per heavy atom. The first-order chi connectivity index (χ1) is 18.0. The molecule has 184 valence electrons. The standard InChI is InChI=1S/C27H19FN4O3S2/c1-15(33)23-24(16-5-4-6-18(28)13-16)37-25(30-23)17-9-10-21-20(14-17)32(11-12-35-21)27(34)31-26-29-19-7-2-3-8-22(19)36-26/h2-10,13-14H,11-12H2,1H3,(H,29,31,34). The number of para-hydroxylation sites is 1. The van der Waals surface area contributed by atoms with E-state index < -0.39 is 0 Å². The Kier molecular flexibility index (Phi) is 5.90. The van der Waals surface area contributed by atoms with Gasteiger partial charge in [0.1, 0.15) is 28.9 Å². The molecule has 5 aromatic rings. The first-order valence-corrected chi connectivity index (χ1v) is 13.1. The quantitative estimate of drug-likeness (QED) is 0.257. The molecule has 6 rings (SSSR count).